The molecule has 0 aliphatic carbocycles. The van der Waals surface area contributed by atoms with Crippen molar-refractivity contribution in [2.24, 2.45) is 0 Å². The molecular weight excluding hydrogens is 442 g/mol. The summed E-state index contributed by atoms with van der Waals surface area (Å²) in [5, 5.41) is 0.565. The fourth-order valence-electron chi connectivity index (χ4n) is 3.40. The van der Waals surface area contributed by atoms with Crippen molar-refractivity contribution in [1.29, 1.82) is 0 Å². The maximum absolute atomic E-state index is 12.5. The molecule has 166 valence electrons. The van der Waals surface area contributed by atoms with Gasteiger partial charge in [-0.1, -0.05) is 11.6 Å². The van der Waals surface area contributed by atoms with Gasteiger partial charge in [0, 0.05) is 17.1 Å². The minimum atomic E-state index is -3.38. The zero-order valence-electron chi connectivity index (χ0n) is 17.6. The first-order valence-electron chi connectivity index (χ1n) is 9.79. The molecule has 2 aromatic carbocycles. The molecule has 0 radical (unpaired) electrons. The van der Waals surface area contributed by atoms with Crippen molar-refractivity contribution in [3.8, 4) is 5.75 Å². The number of benzene rings is 2. The number of rotatable bonds is 7. The molecule has 0 saturated carbocycles. The number of hydrogen-bond donors (Lipinski definition) is 0. The van der Waals surface area contributed by atoms with Crippen LogP contribution in [0, 0.1) is 6.92 Å². The van der Waals surface area contributed by atoms with E-state index in [1.165, 1.54) is 4.31 Å². The Balaban J connectivity index is 1.62. The first-order chi connectivity index (χ1) is 14.6. The van der Waals surface area contributed by atoms with Crippen LogP contribution in [0.2, 0.25) is 5.02 Å². The first kappa shape index (κ1) is 23.1. The van der Waals surface area contributed by atoms with E-state index in [4.69, 9.17) is 21.1 Å². The normalized spacial score (nSPS) is 14.5. The van der Waals surface area contributed by atoms with Gasteiger partial charge in [-0.05, 0) is 74.2 Å². The molecule has 0 N–H and O–H groups in total. The highest BCUT2D eigenvalue weighted by Crippen LogP contribution is 2.30. The van der Waals surface area contributed by atoms with E-state index in [0.717, 1.165) is 17.4 Å². The summed E-state index contributed by atoms with van der Waals surface area (Å²) in [4.78, 5) is 24.8. The number of sulfonamides is 1. The molecule has 1 aliphatic rings. The summed E-state index contributed by atoms with van der Waals surface area (Å²) in [6.45, 7) is 3.34. The number of aryl methyl sites for hydroxylation is 2. The molecule has 1 atom stereocenters. The summed E-state index contributed by atoms with van der Waals surface area (Å²) in [5.41, 5.74) is 2.51. The Bertz CT molecular complexity index is 1110. The smallest absolute Gasteiger partial charge is 0.347 e. The Morgan fingerprint density at radius 3 is 2.61 bits per heavy atom. The molecule has 9 heteroatoms. The van der Waals surface area contributed by atoms with Gasteiger partial charge in [0.15, 0.2) is 18.5 Å². The molecule has 1 aliphatic heterocycles. The SMILES string of the molecule is Cc1cc(Cl)ccc1OC(C)C(=O)OCC(=O)c1ccc2c(c1)CCCN2S(C)(=O)=O. The third-order valence-electron chi connectivity index (χ3n) is 5.00. The van der Waals surface area contributed by atoms with Crippen molar-refractivity contribution < 1.29 is 27.5 Å². The van der Waals surface area contributed by atoms with Crippen LogP contribution in [-0.2, 0) is 26.0 Å². The Labute approximate surface area is 187 Å². The highest BCUT2D eigenvalue weighted by Gasteiger charge is 2.25. The molecular formula is C22H24ClNO6S. The molecule has 0 aromatic heterocycles. The number of carbonyl (C=O) groups is 2. The summed E-state index contributed by atoms with van der Waals surface area (Å²) >= 11 is 5.92. The number of hydrogen-bond acceptors (Lipinski definition) is 6. The lowest BCUT2D eigenvalue weighted by atomic mass is 9.99. The third kappa shape index (κ3) is 5.57. The lowest BCUT2D eigenvalue weighted by molar-refractivity contribution is -0.149. The van der Waals surface area contributed by atoms with Crippen LogP contribution in [0.25, 0.3) is 0 Å². The van der Waals surface area contributed by atoms with E-state index >= 15 is 0 Å². The number of carbonyl (C=O) groups excluding carboxylic acids is 2. The molecule has 0 saturated heterocycles. The van der Waals surface area contributed by atoms with Crippen LogP contribution in [0.5, 0.6) is 5.75 Å². The highest BCUT2D eigenvalue weighted by molar-refractivity contribution is 7.92. The second-order valence-corrected chi connectivity index (χ2v) is 9.83. The molecule has 2 aromatic rings. The lowest BCUT2D eigenvalue weighted by Gasteiger charge is -2.29. The summed E-state index contributed by atoms with van der Waals surface area (Å²) in [6, 6.07) is 9.89. The number of Topliss-reactive ketones (excluding diaryl/α,β-unsaturated/α-hetero) is 1. The Hall–Kier alpha value is -2.58. The van der Waals surface area contributed by atoms with E-state index in [0.29, 0.717) is 41.4 Å². The molecule has 1 unspecified atom stereocenters. The van der Waals surface area contributed by atoms with Crippen LogP contribution in [0.3, 0.4) is 0 Å². The van der Waals surface area contributed by atoms with Crippen LogP contribution in [-0.4, -0.2) is 45.7 Å². The first-order valence-corrected chi connectivity index (χ1v) is 12.0. The number of esters is 1. The highest BCUT2D eigenvalue weighted by atomic mass is 35.5. The number of ether oxygens (including phenoxy) is 2. The van der Waals surface area contributed by atoms with Crippen molar-refractivity contribution >= 4 is 39.1 Å². The van der Waals surface area contributed by atoms with Crippen molar-refractivity contribution in [1.82, 2.24) is 0 Å². The Morgan fingerprint density at radius 1 is 1.19 bits per heavy atom. The van der Waals surface area contributed by atoms with Gasteiger partial charge in [-0.25, -0.2) is 13.2 Å². The number of fused-ring (bicyclic) bond motifs is 1. The molecule has 7 nitrogen and oxygen atoms in total. The van der Waals surface area contributed by atoms with Crippen LogP contribution >= 0.6 is 11.6 Å². The number of halogens is 1. The van der Waals surface area contributed by atoms with E-state index in [1.54, 1.807) is 43.3 Å². The summed E-state index contributed by atoms with van der Waals surface area (Å²) in [5.74, 6) is -0.531. The Kier molecular flexibility index (Phi) is 6.91. The van der Waals surface area contributed by atoms with Gasteiger partial charge in [0.25, 0.3) is 0 Å². The van der Waals surface area contributed by atoms with Crippen LogP contribution < -0.4 is 9.04 Å². The molecule has 0 bridgehead atoms. The fourth-order valence-corrected chi connectivity index (χ4v) is 4.62. The molecule has 31 heavy (non-hydrogen) atoms. The molecule has 0 spiro atoms. The maximum Gasteiger partial charge on any atom is 0.347 e. The van der Waals surface area contributed by atoms with Crippen molar-refractivity contribution in [2.75, 3.05) is 23.7 Å². The second-order valence-electron chi connectivity index (χ2n) is 7.48. The second kappa shape index (κ2) is 9.28. The predicted octanol–water partition coefficient (Wildman–Crippen LogP) is 3.55. The van der Waals surface area contributed by atoms with Crippen LogP contribution in [0.1, 0.15) is 34.8 Å². The molecule has 1 heterocycles. The minimum Gasteiger partial charge on any atom is -0.479 e. The minimum absolute atomic E-state index is 0.365. The zero-order chi connectivity index (χ0) is 22.8. The van der Waals surface area contributed by atoms with Crippen molar-refractivity contribution in [3.63, 3.8) is 0 Å². The summed E-state index contributed by atoms with van der Waals surface area (Å²) in [6.07, 6.45) is 1.61. The molecule has 0 amide bonds. The average Bonchev–Trinajstić information content (AvgIpc) is 2.72. The lowest BCUT2D eigenvalue weighted by Crippen LogP contribution is -2.34. The van der Waals surface area contributed by atoms with Crippen molar-refractivity contribution in [3.05, 3.63) is 58.1 Å². The number of nitrogens with zero attached hydrogens (tertiary/aromatic N) is 1. The molecule has 3 rings (SSSR count). The zero-order valence-corrected chi connectivity index (χ0v) is 19.1. The Morgan fingerprint density at radius 2 is 1.94 bits per heavy atom. The topological polar surface area (TPSA) is 90.0 Å². The van der Waals surface area contributed by atoms with Gasteiger partial charge in [0.05, 0.1) is 11.9 Å². The maximum atomic E-state index is 12.5. The van der Waals surface area contributed by atoms with Gasteiger partial charge < -0.3 is 9.47 Å². The van der Waals surface area contributed by atoms with Gasteiger partial charge in [0.2, 0.25) is 10.0 Å². The summed E-state index contributed by atoms with van der Waals surface area (Å²) < 4.78 is 36.0. The standard InChI is InChI=1S/C22H24ClNO6S/c1-14-11-18(23)7-9-21(14)30-15(2)22(26)29-13-20(25)17-6-8-19-16(12-17)5-4-10-24(19)31(3,27)28/h6-9,11-12,15H,4-5,10,13H2,1-3H3. The van der Waals surface area contributed by atoms with Crippen molar-refractivity contribution in [2.45, 2.75) is 32.8 Å². The quantitative estimate of drug-likeness (QED) is 0.458. The van der Waals surface area contributed by atoms with Gasteiger partial charge >= 0.3 is 5.97 Å². The molecule has 0 fully saturated rings. The number of anilines is 1. The van der Waals surface area contributed by atoms with Gasteiger partial charge in [-0.15, -0.1) is 0 Å². The average molecular weight is 466 g/mol. The largest absolute Gasteiger partial charge is 0.479 e. The van der Waals surface area contributed by atoms with E-state index in [9.17, 15) is 18.0 Å². The van der Waals surface area contributed by atoms with Gasteiger partial charge in [-0.3, -0.25) is 9.10 Å². The van der Waals surface area contributed by atoms with Crippen LogP contribution in [0.4, 0.5) is 5.69 Å². The van der Waals surface area contributed by atoms with E-state index in [-0.39, 0.29) is 5.78 Å². The van der Waals surface area contributed by atoms with Gasteiger partial charge in [0.1, 0.15) is 5.75 Å². The van der Waals surface area contributed by atoms with E-state index < -0.39 is 28.7 Å². The predicted molar refractivity (Wildman–Crippen MR) is 119 cm³/mol. The monoisotopic (exact) mass is 465 g/mol. The van der Waals surface area contributed by atoms with E-state index in [2.05, 4.69) is 0 Å². The summed E-state index contributed by atoms with van der Waals surface area (Å²) in [7, 11) is -3.38. The van der Waals surface area contributed by atoms with Crippen LogP contribution in [0.15, 0.2) is 36.4 Å². The fraction of sp³-hybridized carbons (Fsp3) is 0.364. The number of ketones is 1. The van der Waals surface area contributed by atoms with E-state index in [1.807, 2.05) is 6.92 Å². The van der Waals surface area contributed by atoms with Gasteiger partial charge in [-0.2, -0.15) is 0 Å². The third-order valence-corrected chi connectivity index (χ3v) is 6.41.